The fourth-order valence-electron chi connectivity index (χ4n) is 5.01. The molecular weight excluding hydrogens is 653 g/mol. The van der Waals surface area contributed by atoms with Crippen molar-refractivity contribution in [3.63, 3.8) is 0 Å². The van der Waals surface area contributed by atoms with Crippen molar-refractivity contribution >= 4 is 19.7 Å². The lowest BCUT2D eigenvalue weighted by Gasteiger charge is -2.15. The highest BCUT2D eigenvalue weighted by atomic mass is 31.2. The molecule has 0 bridgehead atoms. The predicted molar refractivity (Wildman–Crippen MR) is 206 cm³/mol. The molecule has 2 unspecified atom stereocenters. The fraction of sp³-hybridized carbons (Fsp3) is 0.750. The van der Waals surface area contributed by atoms with Crippen LogP contribution in [0.2, 0.25) is 0 Å². The van der Waals surface area contributed by atoms with Crippen molar-refractivity contribution in [2.75, 3.05) is 26.4 Å². The third kappa shape index (κ3) is 37.2. The monoisotopic (exact) mass is 725 g/mol. The van der Waals surface area contributed by atoms with Crippen LogP contribution < -0.4 is 5.32 Å². The number of aliphatic hydroxyl groups excluding tert-OH is 1. The number of nitrogens with one attached hydrogen (secondary N) is 1. The molecule has 0 radical (unpaired) electrons. The van der Waals surface area contributed by atoms with Crippen LogP contribution in [0.4, 0.5) is 0 Å². The van der Waals surface area contributed by atoms with Gasteiger partial charge in [0.15, 0.2) is 0 Å². The molecule has 0 aromatic rings. The average molecular weight is 726 g/mol. The maximum atomic E-state index is 12.0. The normalized spacial score (nSPS) is 13.9. The number of carbonyl (C=O) groups excluding carboxylic acids is 2. The number of allylic oxidation sites excluding steroid dienone is 8. The Bertz CT molecular complexity index is 965. The van der Waals surface area contributed by atoms with Gasteiger partial charge in [0.2, 0.25) is 5.91 Å². The predicted octanol–water partition coefficient (Wildman–Crippen LogP) is 10.4. The molecule has 9 nitrogen and oxygen atoms in total. The SMILES string of the molecule is CCCCC/C=C\C/C=C\C/C=C\C/C=C\CCCCCC(=O)NCCOP(=O)(O)OCC(O)COC(=O)CCCCCCCCCCCC. The second-order valence-electron chi connectivity index (χ2n) is 12.9. The third-order valence-corrected chi connectivity index (χ3v) is 9.00. The first-order valence-electron chi connectivity index (χ1n) is 19.6. The molecule has 0 rings (SSSR count). The zero-order valence-electron chi connectivity index (χ0n) is 31.6. The number of aliphatic hydroxyl groups is 1. The second kappa shape index (κ2) is 36.8. The highest BCUT2D eigenvalue weighted by Crippen LogP contribution is 2.42. The summed E-state index contributed by atoms with van der Waals surface area (Å²) in [7, 11) is -4.42. The zero-order chi connectivity index (χ0) is 36.8. The van der Waals surface area contributed by atoms with E-state index in [0.717, 1.165) is 64.2 Å². The van der Waals surface area contributed by atoms with E-state index < -0.39 is 26.5 Å². The molecule has 3 N–H and O–H groups in total. The summed E-state index contributed by atoms with van der Waals surface area (Å²) in [6.07, 6.45) is 40.4. The van der Waals surface area contributed by atoms with Gasteiger partial charge in [-0.1, -0.05) is 140 Å². The molecule has 0 saturated heterocycles. The van der Waals surface area contributed by atoms with Gasteiger partial charge in [0.05, 0.1) is 13.2 Å². The topological polar surface area (TPSA) is 131 Å². The second-order valence-corrected chi connectivity index (χ2v) is 14.4. The van der Waals surface area contributed by atoms with Crippen molar-refractivity contribution in [2.24, 2.45) is 0 Å². The molecule has 0 spiro atoms. The van der Waals surface area contributed by atoms with Gasteiger partial charge in [0.25, 0.3) is 0 Å². The Labute approximate surface area is 305 Å². The molecule has 0 fully saturated rings. The van der Waals surface area contributed by atoms with Crippen LogP contribution in [0.5, 0.6) is 0 Å². The van der Waals surface area contributed by atoms with E-state index >= 15 is 0 Å². The smallest absolute Gasteiger partial charge is 0.463 e. The Hall–Kier alpha value is -2.03. The number of unbranched alkanes of at least 4 members (excludes halogenated alkanes) is 15. The fourth-order valence-corrected chi connectivity index (χ4v) is 5.77. The van der Waals surface area contributed by atoms with E-state index in [0.29, 0.717) is 6.42 Å². The van der Waals surface area contributed by atoms with Crippen molar-refractivity contribution in [1.82, 2.24) is 5.32 Å². The van der Waals surface area contributed by atoms with E-state index in [4.69, 9.17) is 13.8 Å². The van der Waals surface area contributed by atoms with Gasteiger partial charge in [0.1, 0.15) is 12.7 Å². The first-order valence-corrected chi connectivity index (χ1v) is 21.1. The van der Waals surface area contributed by atoms with Gasteiger partial charge in [-0.25, -0.2) is 4.57 Å². The Morgan fingerprint density at radius 1 is 0.620 bits per heavy atom. The van der Waals surface area contributed by atoms with Crippen LogP contribution in [0, 0.1) is 0 Å². The van der Waals surface area contributed by atoms with Crippen LogP contribution in [0.15, 0.2) is 48.6 Å². The molecule has 0 aromatic carbocycles. The van der Waals surface area contributed by atoms with Crippen molar-refractivity contribution in [1.29, 1.82) is 0 Å². The number of amides is 1. The van der Waals surface area contributed by atoms with E-state index in [9.17, 15) is 24.2 Å². The number of hydrogen-bond acceptors (Lipinski definition) is 7. The number of phosphoric ester groups is 1. The lowest BCUT2D eigenvalue weighted by molar-refractivity contribution is -0.147. The van der Waals surface area contributed by atoms with Crippen molar-refractivity contribution in [3.8, 4) is 0 Å². The van der Waals surface area contributed by atoms with Gasteiger partial charge in [-0.3, -0.25) is 18.6 Å². The van der Waals surface area contributed by atoms with Gasteiger partial charge in [-0.2, -0.15) is 0 Å². The molecule has 50 heavy (non-hydrogen) atoms. The zero-order valence-corrected chi connectivity index (χ0v) is 32.5. The third-order valence-electron chi connectivity index (χ3n) is 8.01. The Kier molecular flexibility index (Phi) is 35.3. The lowest BCUT2D eigenvalue weighted by Crippen LogP contribution is -2.27. The van der Waals surface area contributed by atoms with Crippen LogP contribution in [-0.2, 0) is 27.9 Å². The first kappa shape index (κ1) is 48.0. The Morgan fingerprint density at radius 2 is 1.08 bits per heavy atom. The molecule has 0 heterocycles. The van der Waals surface area contributed by atoms with Crippen LogP contribution >= 0.6 is 7.82 Å². The van der Waals surface area contributed by atoms with E-state index in [1.54, 1.807) is 0 Å². The Morgan fingerprint density at radius 3 is 1.66 bits per heavy atom. The summed E-state index contributed by atoms with van der Waals surface area (Å²) in [5.74, 6) is -0.552. The number of esters is 1. The maximum Gasteiger partial charge on any atom is 0.472 e. The maximum absolute atomic E-state index is 12.0. The van der Waals surface area contributed by atoms with Gasteiger partial charge >= 0.3 is 13.8 Å². The van der Waals surface area contributed by atoms with Crippen molar-refractivity contribution in [2.45, 2.75) is 168 Å². The standard InChI is InChI=1S/C40H72NO8P/c1-3-5-7-9-11-13-15-16-17-18-19-20-21-22-23-24-26-28-30-32-39(43)41-34-35-48-50(45,46)49-37-38(42)36-47-40(44)33-31-29-27-25-14-12-10-8-6-4-2/h11,13,16-17,19-20,22-23,38,42H,3-10,12,14-15,18,21,24-37H2,1-2H3,(H,41,43)(H,45,46)/b13-11-,17-16-,20-19-,23-22-. The quantitative estimate of drug-likeness (QED) is 0.0252. The molecule has 0 aliphatic carbocycles. The molecule has 10 heteroatoms. The average Bonchev–Trinajstić information content (AvgIpc) is 3.10. The molecule has 0 aliphatic rings. The molecule has 0 aromatic heterocycles. The molecule has 1 amide bonds. The minimum absolute atomic E-state index is 0.0636. The summed E-state index contributed by atoms with van der Waals surface area (Å²) in [6, 6.07) is 0. The lowest BCUT2D eigenvalue weighted by atomic mass is 10.1. The van der Waals surface area contributed by atoms with Gasteiger partial charge in [-0.15, -0.1) is 0 Å². The van der Waals surface area contributed by atoms with E-state index in [-0.39, 0.29) is 32.1 Å². The van der Waals surface area contributed by atoms with E-state index in [1.165, 1.54) is 70.6 Å². The number of rotatable bonds is 36. The number of carbonyl (C=O) groups is 2. The summed E-state index contributed by atoms with van der Waals surface area (Å²) in [6.45, 7) is 3.45. The van der Waals surface area contributed by atoms with Crippen LogP contribution in [0.25, 0.3) is 0 Å². The summed E-state index contributed by atoms with van der Waals surface area (Å²) >= 11 is 0. The first-order chi connectivity index (χ1) is 24.3. The minimum Gasteiger partial charge on any atom is -0.463 e. The minimum atomic E-state index is -4.42. The molecule has 0 saturated carbocycles. The highest BCUT2D eigenvalue weighted by molar-refractivity contribution is 7.47. The largest absolute Gasteiger partial charge is 0.472 e. The molecule has 0 aliphatic heterocycles. The summed E-state index contributed by atoms with van der Waals surface area (Å²) in [4.78, 5) is 33.7. The highest BCUT2D eigenvalue weighted by Gasteiger charge is 2.23. The van der Waals surface area contributed by atoms with Crippen LogP contribution in [0.3, 0.4) is 0 Å². The van der Waals surface area contributed by atoms with Crippen LogP contribution in [0.1, 0.15) is 162 Å². The molecule has 2 atom stereocenters. The van der Waals surface area contributed by atoms with Crippen LogP contribution in [-0.4, -0.2) is 54.3 Å². The summed E-state index contributed by atoms with van der Waals surface area (Å²) < 4.78 is 26.7. The number of phosphoric acid groups is 1. The van der Waals surface area contributed by atoms with Gasteiger partial charge in [-0.05, 0) is 57.8 Å². The van der Waals surface area contributed by atoms with Gasteiger partial charge in [0, 0.05) is 19.4 Å². The van der Waals surface area contributed by atoms with Crippen molar-refractivity contribution in [3.05, 3.63) is 48.6 Å². The van der Waals surface area contributed by atoms with E-state index in [1.807, 2.05) is 0 Å². The molecule has 290 valence electrons. The summed E-state index contributed by atoms with van der Waals surface area (Å²) in [5, 5.41) is 12.6. The summed E-state index contributed by atoms with van der Waals surface area (Å²) in [5.41, 5.74) is 0. The number of ether oxygens (including phenoxy) is 1. The molecular formula is C40H72NO8P. The van der Waals surface area contributed by atoms with E-state index in [2.05, 4.69) is 67.8 Å². The van der Waals surface area contributed by atoms with Gasteiger partial charge < -0.3 is 20.1 Å². The van der Waals surface area contributed by atoms with Crippen molar-refractivity contribution < 1.29 is 37.9 Å². The Balaban J connectivity index is 3.69. The number of hydrogen-bond donors (Lipinski definition) is 3.